The summed E-state index contributed by atoms with van der Waals surface area (Å²) in [7, 11) is 0. The first-order valence-electron chi connectivity index (χ1n) is 6.99. The molecule has 0 fully saturated rings. The van der Waals surface area contributed by atoms with Crippen LogP contribution in [0.15, 0.2) is 24.3 Å². The average molecular weight is 321 g/mol. The molecule has 7 heteroatoms. The number of aliphatic hydroxyl groups excluding tert-OH is 1. The van der Waals surface area contributed by atoms with Gasteiger partial charge in [0, 0.05) is 17.2 Å². The van der Waals surface area contributed by atoms with Gasteiger partial charge in [-0.3, -0.25) is 0 Å². The molecule has 0 spiro atoms. The predicted molar refractivity (Wildman–Crippen MR) is 76.4 cm³/mol. The molecule has 120 valence electrons. The predicted octanol–water partition coefficient (Wildman–Crippen LogP) is 2.41. The minimum Gasteiger partial charge on any atom is -0.477 e. The molecule has 1 aliphatic rings. The summed E-state index contributed by atoms with van der Waals surface area (Å²) in [4.78, 5) is 15.2. The third-order valence-corrected chi connectivity index (χ3v) is 3.72. The zero-order valence-electron chi connectivity index (χ0n) is 11.9. The molecule has 0 amide bonds. The minimum absolute atomic E-state index is 0.0638. The van der Waals surface area contributed by atoms with E-state index in [-0.39, 0.29) is 23.7 Å². The first-order valence-corrected chi connectivity index (χ1v) is 6.99. The molecule has 0 saturated carbocycles. The second-order valence-electron chi connectivity index (χ2n) is 5.23. The molecule has 1 aromatic carbocycles. The Bertz CT molecular complexity index is 779. The molecule has 23 heavy (non-hydrogen) atoms. The molecule has 1 aromatic heterocycles. The Morgan fingerprint density at radius 2 is 2.09 bits per heavy atom. The molecule has 0 saturated heterocycles. The third-order valence-electron chi connectivity index (χ3n) is 3.72. The van der Waals surface area contributed by atoms with Gasteiger partial charge in [-0.15, -0.1) is 0 Å². The van der Waals surface area contributed by atoms with Crippen LogP contribution in [0.4, 0.5) is 8.78 Å². The van der Waals surface area contributed by atoms with Crippen LogP contribution >= 0.6 is 0 Å². The quantitative estimate of drug-likeness (QED) is 0.907. The number of aromatic nitrogens is 1. The van der Waals surface area contributed by atoms with Crippen LogP contribution < -0.4 is 4.74 Å². The molecule has 5 nitrogen and oxygen atoms in total. The number of halogens is 2. The zero-order valence-corrected chi connectivity index (χ0v) is 11.9. The number of aliphatic hydroxyl groups is 1. The molecular weight excluding hydrogens is 308 g/mol. The van der Waals surface area contributed by atoms with Gasteiger partial charge in [-0.1, -0.05) is 0 Å². The van der Waals surface area contributed by atoms with Gasteiger partial charge in [0.15, 0.2) is 5.69 Å². The van der Waals surface area contributed by atoms with E-state index in [2.05, 4.69) is 4.98 Å². The SMILES string of the molecule is O=C(O)c1cc(-c2ccc(F)cc2F)c2c(n1)O[C@H](CO)CC2. The second kappa shape index (κ2) is 5.92. The Hall–Kier alpha value is -2.54. The van der Waals surface area contributed by atoms with Crippen LogP contribution in [0.25, 0.3) is 11.1 Å². The van der Waals surface area contributed by atoms with Crippen LogP contribution in [-0.4, -0.2) is 33.9 Å². The number of carboxylic acid groups (broad SMARTS) is 1. The van der Waals surface area contributed by atoms with Crippen molar-refractivity contribution < 1.29 is 28.5 Å². The van der Waals surface area contributed by atoms with E-state index in [9.17, 15) is 23.8 Å². The van der Waals surface area contributed by atoms with Crippen molar-refractivity contribution in [1.82, 2.24) is 4.98 Å². The number of ether oxygens (including phenoxy) is 1. The van der Waals surface area contributed by atoms with E-state index in [4.69, 9.17) is 4.74 Å². The molecule has 3 rings (SSSR count). The molecule has 2 N–H and O–H groups in total. The molecule has 0 bridgehead atoms. The maximum absolute atomic E-state index is 14.1. The summed E-state index contributed by atoms with van der Waals surface area (Å²) in [6, 6.07) is 4.35. The Kier molecular flexibility index (Phi) is 3.96. The van der Waals surface area contributed by atoms with Crippen LogP contribution in [-0.2, 0) is 6.42 Å². The molecule has 1 atom stereocenters. The van der Waals surface area contributed by atoms with E-state index in [1.165, 1.54) is 12.1 Å². The Balaban J connectivity index is 2.19. The standard InChI is InChI=1S/C16H13F2NO4/c17-8-1-3-10(13(18)5-8)12-6-14(16(21)22)19-15-11(12)4-2-9(7-20)23-15/h1,3,5-6,9,20H,2,4,7H2,(H,21,22)/t9-/m0/s1. The van der Waals surface area contributed by atoms with E-state index in [1.807, 2.05) is 0 Å². The molecule has 2 heterocycles. The fourth-order valence-electron chi connectivity index (χ4n) is 2.60. The van der Waals surface area contributed by atoms with Crippen molar-refractivity contribution in [2.45, 2.75) is 18.9 Å². The molecule has 0 unspecified atom stereocenters. The van der Waals surface area contributed by atoms with Gasteiger partial charge in [0.05, 0.1) is 6.61 Å². The average Bonchev–Trinajstić information content (AvgIpc) is 2.53. The Morgan fingerprint density at radius 1 is 1.30 bits per heavy atom. The lowest BCUT2D eigenvalue weighted by molar-refractivity contribution is 0.0682. The van der Waals surface area contributed by atoms with Gasteiger partial charge in [-0.25, -0.2) is 18.6 Å². The van der Waals surface area contributed by atoms with E-state index >= 15 is 0 Å². The second-order valence-corrected chi connectivity index (χ2v) is 5.23. The number of fused-ring (bicyclic) bond motifs is 1. The highest BCUT2D eigenvalue weighted by atomic mass is 19.1. The summed E-state index contributed by atoms with van der Waals surface area (Å²) in [6.07, 6.45) is 0.456. The highest BCUT2D eigenvalue weighted by molar-refractivity contribution is 5.88. The van der Waals surface area contributed by atoms with Gasteiger partial charge in [0.2, 0.25) is 5.88 Å². The Labute approximate surface area is 130 Å². The molecule has 1 aliphatic heterocycles. The number of nitrogens with zero attached hydrogens (tertiary/aromatic N) is 1. The van der Waals surface area contributed by atoms with Crippen molar-refractivity contribution in [3.63, 3.8) is 0 Å². The third kappa shape index (κ3) is 2.87. The summed E-state index contributed by atoms with van der Waals surface area (Å²) < 4.78 is 32.7. The van der Waals surface area contributed by atoms with Gasteiger partial charge in [0.25, 0.3) is 0 Å². The van der Waals surface area contributed by atoms with Gasteiger partial charge < -0.3 is 14.9 Å². The largest absolute Gasteiger partial charge is 0.477 e. The fraction of sp³-hybridized carbons (Fsp3) is 0.250. The van der Waals surface area contributed by atoms with Gasteiger partial charge >= 0.3 is 5.97 Å². The lowest BCUT2D eigenvalue weighted by Crippen LogP contribution is -2.27. The first-order chi connectivity index (χ1) is 11.0. The minimum atomic E-state index is -1.29. The smallest absolute Gasteiger partial charge is 0.354 e. The number of benzene rings is 1. The van der Waals surface area contributed by atoms with Crippen molar-refractivity contribution in [2.24, 2.45) is 0 Å². The van der Waals surface area contributed by atoms with Crippen molar-refractivity contribution in [3.8, 4) is 17.0 Å². The molecule has 2 aromatic rings. The normalized spacial score (nSPS) is 16.6. The van der Waals surface area contributed by atoms with Gasteiger partial charge in [-0.05, 0) is 36.6 Å². The van der Waals surface area contributed by atoms with Crippen molar-refractivity contribution >= 4 is 5.97 Å². The van der Waals surface area contributed by atoms with Gasteiger partial charge in [0.1, 0.15) is 17.7 Å². The molecular formula is C16H13F2NO4. The number of carboxylic acids is 1. The Morgan fingerprint density at radius 3 is 2.74 bits per heavy atom. The number of rotatable bonds is 3. The highest BCUT2D eigenvalue weighted by Gasteiger charge is 2.26. The summed E-state index contributed by atoms with van der Waals surface area (Å²) in [6.45, 7) is -0.224. The summed E-state index contributed by atoms with van der Waals surface area (Å²) in [5, 5.41) is 18.4. The van der Waals surface area contributed by atoms with E-state index in [1.54, 1.807) is 0 Å². The lowest BCUT2D eigenvalue weighted by atomic mass is 9.94. The zero-order chi connectivity index (χ0) is 16.6. The van der Waals surface area contributed by atoms with Crippen molar-refractivity contribution in [2.75, 3.05) is 6.61 Å². The van der Waals surface area contributed by atoms with Crippen LogP contribution in [0.1, 0.15) is 22.5 Å². The van der Waals surface area contributed by atoms with Gasteiger partial charge in [-0.2, -0.15) is 0 Å². The summed E-state index contributed by atoms with van der Waals surface area (Å²) in [5.74, 6) is -2.73. The number of hydrogen-bond donors (Lipinski definition) is 2. The number of pyridine rings is 1. The molecule has 0 aliphatic carbocycles. The van der Waals surface area contributed by atoms with Crippen molar-refractivity contribution in [3.05, 3.63) is 47.2 Å². The first kappa shape index (κ1) is 15.4. The van der Waals surface area contributed by atoms with Crippen LogP contribution in [0.3, 0.4) is 0 Å². The maximum Gasteiger partial charge on any atom is 0.354 e. The summed E-state index contributed by atoms with van der Waals surface area (Å²) >= 11 is 0. The number of aromatic carboxylic acids is 1. The van der Waals surface area contributed by atoms with E-state index < -0.39 is 23.7 Å². The number of hydrogen-bond acceptors (Lipinski definition) is 4. The monoisotopic (exact) mass is 321 g/mol. The van der Waals surface area contributed by atoms with Crippen LogP contribution in [0, 0.1) is 11.6 Å². The number of carbonyl (C=O) groups is 1. The maximum atomic E-state index is 14.1. The van der Waals surface area contributed by atoms with Crippen molar-refractivity contribution in [1.29, 1.82) is 0 Å². The fourth-order valence-corrected chi connectivity index (χ4v) is 2.60. The summed E-state index contributed by atoms with van der Waals surface area (Å²) in [5.41, 5.74) is 0.631. The van der Waals surface area contributed by atoms with E-state index in [0.29, 0.717) is 24.0 Å². The molecule has 0 radical (unpaired) electrons. The highest BCUT2D eigenvalue weighted by Crippen LogP contribution is 2.36. The topological polar surface area (TPSA) is 79.7 Å². The van der Waals surface area contributed by atoms with Crippen LogP contribution in [0.5, 0.6) is 5.88 Å². The lowest BCUT2D eigenvalue weighted by Gasteiger charge is -2.26. The van der Waals surface area contributed by atoms with Crippen LogP contribution in [0.2, 0.25) is 0 Å². The van der Waals surface area contributed by atoms with E-state index in [0.717, 1.165) is 12.1 Å².